The number of aliphatic imine (C=N–C) groups is 1. The molecule has 0 radical (unpaired) electrons. The summed E-state index contributed by atoms with van der Waals surface area (Å²) < 4.78 is 0. The van der Waals surface area contributed by atoms with Crippen molar-refractivity contribution in [1.82, 2.24) is 9.97 Å². The fraction of sp³-hybridized carbons (Fsp3) is 0.444. The normalized spacial score (nSPS) is 13.9. The number of nitrogens with zero attached hydrogens (tertiary/aromatic N) is 3. The number of fused-ring (bicyclic) bond motifs is 1. The number of hydrogen-bond donors (Lipinski definition) is 0. The van der Waals surface area contributed by atoms with Crippen LogP contribution >= 0.6 is 0 Å². The Balaban J connectivity index is 2.44. The summed E-state index contributed by atoms with van der Waals surface area (Å²) in [6.07, 6.45) is 4.64. The summed E-state index contributed by atoms with van der Waals surface area (Å²) in [6.45, 7) is 4.17. The van der Waals surface area contributed by atoms with Crippen molar-refractivity contribution < 1.29 is 0 Å². The first-order valence-corrected chi connectivity index (χ1v) is 4.15. The highest BCUT2D eigenvalue weighted by molar-refractivity contribution is 5.73. The molecule has 1 aliphatic heterocycles. The summed E-state index contributed by atoms with van der Waals surface area (Å²) in [5.41, 5.74) is 1.14. The quantitative estimate of drug-likeness (QED) is 0.630. The van der Waals surface area contributed by atoms with E-state index in [-0.39, 0.29) is 0 Å². The molecule has 2 heterocycles. The van der Waals surface area contributed by atoms with Gasteiger partial charge in [-0.05, 0) is 0 Å². The molecule has 3 heteroatoms. The van der Waals surface area contributed by atoms with Crippen LogP contribution < -0.4 is 0 Å². The van der Waals surface area contributed by atoms with E-state index < -0.39 is 0 Å². The van der Waals surface area contributed by atoms with Crippen molar-refractivity contribution in [2.45, 2.75) is 26.2 Å². The zero-order valence-corrected chi connectivity index (χ0v) is 7.28. The van der Waals surface area contributed by atoms with Crippen LogP contribution in [0.3, 0.4) is 0 Å². The fourth-order valence-electron chi connectivity index (χ4n) is 1.18. The highest BCUT2D eigenvalue weighted by Gasteiger charge is 2.10. The van der Waals surface area contributed by atoms with E-state index in [1.54, 1.807) is 0 Å². The molecule has 1 aromatic rings. The molecule has 0 spiro atoms. The first kappa shape index (κ1) is 7.40. The van der Waals surface area contributed by atoms with Gasteiger partial charge >= 0.3 is 0 Å². The van der Waals surface area contributed by atoms with Crippen LogP contribution in [0.2, 0.25) is 0 Å². The molecule has 0 saturated heterocycles. The smallest absolute Gasteiger partial charge is 0.158 e. The lowest BCUT2D eigenvalue weighted by atomic mass is 10.2. The third-order valence-corrected chi connectivity index (χ3v) is 1.90. The highest BCUT2D eigenvalue weighted by atomic mass is 15.0. The lowest BCUT2D eigenvalue weighted by molar-refractivity contribution is 0.772. The first-order valence-electron chi connectivity index (χ1n) is 4.15. The van der Waals surface area contributed by atoms with Crippen LogP contribution in [0.5, 0.6) is 0 Å². The van der Waals surface area contributed by atoms with Gasteiger partial charge in [-0.25, -0.2) is 15.0 Å². The van der Waals surface area contributed by atoms with Gasteiger partial charge in [0.2, 0.25) is 0 Å². The van der Waals surface area contributed by atoms with Gasteiger partial charge in [-0.2, -0.15) is 0 Å². The average Bonchev–Trinajstić information content (AvgIpc) is 2.49. The number of aromatic nitrogens is 2. The summed E-state index contributed by atoms with van der Waals surface area (Å²) >= 11 is 0. The van der Waals surface area contributed by atoms with Crippen LogP contribution in [0.4, 0.5) is 5.82 Å². The lowest BCUT2D eigenvalue weighted by Crippen LogP contribution is -1.97. The number of hydrogen-bond acceptors (Lipinski definition) is 3. The van der Waals surface area contributed by atoms with Gasteiger partial charge in [0.25, 0.3) is 0 Å². The second-order valence-corrected chi connectivity index (χ2v) is 3.25. The Morgan fingerprint density at radius 3 is 3.00 bits per heavy atom. The van der Waals surface area contributed by atoms with Crippen molar-refractivity contribution in [3.63, 3.8) is 0 Å². The van der Waals surface area contributed by atoms with Crippen molar-refractivity contribution in [3.05, 3.63) is 17.6 Å². The van der Waals surface area contributed by atoms with Crippen molar-refractivity contribution >= 4 is 12.0 Å². The van der Waals surface area contributed by atoms with Gasteiger partial charge in [0.1, 0.15) is 5.82 Å². The Morgan fingerprint density at radius 1 is 1.42 bits per heavy atom. The van der Waals surface area contributed by atoms with Crippen molar-refractivity contribution in [1.29, 1.82) is 0 Å². The molecular weight excluding hydrogens is 150 g/mol. The van der Waals surface area contributed by atoms with Gasteiger partial charge in [-0.1, -0.05) is 13.8 Å². The summed E-state index contributed by atoms with van der Waals surface area (Å²) in [5, 5.41) is 0. The minimum Gasteiger partial charge on any atom is -0.241 e. The first-order chi connectivity index (χ1) is 5.77. The lowest BCUT2D eigenvalue weighted by Gasteiger charge is -2.03. The Morgan fingerprint density at radius 2 is 2.25 bits per heavy atom. The van der Waals surface area contributed by atoms with Crippen molar-refractivity contribution in [3.8, 4) is 0 Å². The predicted octanol–water partition coefficient (Wildman–Crippen LogP) is 1.86. The minimum absolute atomic E-state index is 0.381. The van der Waals surface area contributed by atoms with Crippen LogP contribution in [0.1, 0.15) is 31.2 Å². The number of rotatable bonds is 1. The Bertz CT molecular complexity index is 329. The molecule has 0 N–H and O–H groups in total. The maximum atomic E-state index is 4.34. The molecule has 0 atom stereocenters. The van der Waals surface area contributed by atoms with Crippen molar-refractivity contribution in [2.24, 2.45) is 4.99 Å². The second kappa shape index (κ2) is 2.66. The Hall–Kier alpha value is -1.25. The highest BCUT2D eigenvalue weighted by Crippen LogP contribution is 2.22. The summed E-state index contributed by atoms with van der Waals surface area (Å²) in [4.78, 5) is 12.8. The average molecular weight is 161 g/mol. The van der Waals surface area contributed by atoms with Gasteiger partial charge in [0.15, 0.2) is 5.82 Å². The molecule has 0 bridgehead atoms. The van der Waals surface area contributed by atoms with Crippen LogP contribution in [0, 0.1) is 0 Å². The zero-order chi connectivity index (χ0) is 8.55. The maximum absolute atomic E-state index is 4.34. The van der Waals surface area contributed by atoms with Gasteiger partial charge in [0, 0.05) is 30.3 Å². The molecule has 0 saturated carbocycles. The molecule has 1 aliphatic rings. The topological polar surface area (TPSA) is 38.1 Å². The van der Waals surface area contributed by atoms with Gasteiger partial charge in [-0.15, -0.1) is 0 Å². The van der Waals surface area contributed by atoms with Crippen molar-refractivity contribution in [2.75, 3.05) is 0 Å². The zero-order valence-electron chi connectivity index (χ0n) is 7.28. The van der Waals surface area contributed by atoms with Gasteiger partial charge in [0.05, 0.1) is 0 Å². The predicted molar refractivity (Wildman–Crippen MR) is 48.0 cm³/mol. The molecule has 0 aliphatic carbocycles. The van der Waals surface area contributed by atoms with Crippen LogP contribution in [0.25, 0.3) is 0 Å². The molecule has 0 aromatic carbocycles. The molecular formula is C9H11N3. The largest absolute Gasteiger partial charge is 0.241 e. The van der Waals surface area contributed by atoms with Crippen LogP contribution in [-0.4, -0.2) is 16.2 Å². The van der Waals surface area contributed by atoms with E-state index in [4.69, 9.17) is 0 Å². The van der Waals surface area contributed by atoms with Gasteiger partial charge < -0.3 is 0 Å². The molecule has 62 valence electrons. The molecule has 12 heavy (non-hydrogen) atoms. The van der Waals surface area contributed by atoms with Gasteiger partial charge in [-0.3, -0.25) is 0 Å². The monoisotopic (exact) mass is 161 g/mol. The molecule has 3 nitrogen and oxygen atoms in total. The van der Waals surface area contributed by atoms with E-state index >= 15 is 0 Å². The third-order valence-electron chi connectivity index (χ3n) is 1.90. The summed E-state index contributed by atoms with van der Waals surface area (Å²) in [6, 6.07) is 0. The fourth-order valence-corrected chi connectivity index (χ4v) is 1.18. The summed E-state index contributed by atoms with van der Waals surface area (Å²) in [7, 11) is 0. The van der Waals surface area contributed by atoms with Crippen LogP contribution in [-0.2, 0) is 6.42 Å². The van der Waals surface area contributed by atoms with E-state index in [2.05, 4.69) is 28.8 Å². The SMILES string of the molecule is CC(C)c1ncc2c(n1)N=CC2. The Labute approximate surface area is 71.6 Å². The van der Waals surface area contributed by atoms with E-state index in [1.807, 2.05) is 12.4 Å². The maximum Gasteiger partial charge on any atom is 0.158 e. The standard InChI is InChI=1S/C9H11N3/c1-6(2)8-11-5-7-3-4-10-9(7)12-8/h4-6H,3H2,1-2H3. The Kier molecular flexibility index (Phi) is 1.64. The van der Waals surface area contributed by atoms with E-state index in [0.717, 1.165) is 23.6 Å². The minimum atomic E-state index is 0.381. The van der Waals surface area contributed by atoms with E-state index in [0.29, 0.717) is 5.92 Å². The van der Waals surface area contributed by atoms with E-state index in [1.165, 1.54) is 0 Å². The third kappa shape index (κ3) is 1.11. The summed E-state index contributed by atoms with van der Waals surface area (Å²) in [5.74, 6) is 2.12. The molecule has 1 aromatic heterocycles. The van der Waals surface area contributed by atoms with E-state index in [9.17, 15) is 0 Å². The molecule has 0 fully saturated rings. The second-order valence-electron chi connectivity index (χ2n) is 3.25. The molecule has 2 rings (SSSR count). The molecule has 0 amide bonds. The molecule has 0 unspecified atom stereocenters. The van der Waals surface area contributed by atoms with Crippen LogP contribution in [0.15, 0.2) is 11.2 Å².